The van der Waals surface area contributed by atoms with Gasteiger partial charge < -0.3 is 19.7 Å². The zero-order valence-corrected chi connectivity index (χ0v) is 14.0. The fraction of sp³-hybridized carbons (Fsp3) is 0.294. The standard InChI is InChI=1S/C17H18ClN3O3/c1-2-23-14-6-4-13(5-7-14)20-17(22)21-10-15(11-21)24-16-8-3-12(18)9-19-16/h3-9,15H,2,10-11H2,1H3,(H,20,22). The van der Waals surface area contributed by atoms with E-state index in [-0.39, 0.29) is 12.1 Å². The predicted octanol–water partition coefficient (Wildman–Crippen LogP) is 3.43. The first-order valence-electron chi connectivity index (χ1n) is 7.71. The van der Waals surface area contributed by atoms with Crippen LogP contribution in [-0.2, 0) is 0 Å². The number of anilines is 1. The molecule has 0 saturated carbocycles. The molecule has 2 heterocycles. The van der Waals surface area contributed by atoms with Crippen molar-refractivity contribution in [2.24, 2.45) is 0 Å². The summed E-state index contributed by atoms with van der Waals surface area (Å²) in [7, 11) is 0. The Labute approximate surface area is 145 Å². The van der Waals surface area contributed by atoms with E-state index in [1.54, 1.807) is 17.0 Å². The topological polar surface area (TPSA) is 63.7 Å². The summed E-state index contributed by atoms with van der Waals surface area (Å²) in [5.74, 6) is 1.29. The first-order chi connectivity index (χ1) is 11.6. The highest BCUT2D eigenvalue weighted by atomic mass is 35.5. The summed E-state index contributed by atoms with van der Waals surface area (Å²) < 4.78 is 11.0. The largest absolute Gasteiger partial charge is 0.494 e. The zero-order valence-electron chi connectivity index (χ0n) is 13.2. The predicted molar refractivity (Wildman–Crippen MR) is 91.9 cm³/mol. The highest BCUT2D eigenvalue weighted by Crippen LogP contribution is 2.20. The number of benzene rings is 1. The third-order valence-electron chi connectivity index (χ3n) is 3.54. The van der Waals surface area contributed by atoms with Gasteiger partial charge in [0.1, 0.15) is 11.9 Å². The number of carbonyl (C=O) groups is 1. The first kappa shape index (κ1) is 16.4. The molecule has 7 heteroatoms. The van der Waals surface area contributed by atoms with E-state index in [0.717, 1.165) is 11.4 Å². The van der Waals surface area contributed by atoms with Gasteiger partial charge in [0.2, 0.25) is 5.88 Å². The normalized spacial score (nSPS) is 14.0. The number of rotatable bonds is 5. The number of ether oxygens (including phenoxy) is 2. The number of likely N-dealkylation sites (tertiary alicyclic amines) is 1. The van der Waals surface area contributed by atoms with E-state index in [9.17, 15) is 4.79 Å². The number of aromatic nitrogens is 1. The number of carbonyl (C=O) groups excluding carboxylic acids is 1. The van der Waals surface area contributed by atoms with Gasteiger partial charge in [-0.3, -0.25) is 0 Å². The van der Waals surface area contributed by atoms with Crippen LogP contribution in [0.4, 0.5) is 10.5 Å². The fourth-order valence-corrected chi connectivity index (χ4v) is 2.40. The highest BCUT2D eigenvalue weighted by Gasteiger charge is 2.32. The first-order valence-corrected chi connectivity index (χ1v) is 8.09. The molecule has 24 heavy (non-hydrogen) atoms. The van der Waals surface area contributed by atoms with Gasteiger partial charge >= 0.3 is 6.03 Å². The second-order valence-corrected chi connectivity index (χ2v) is 5.78. The Morgan fingerprint density at radius 3 is 2.67 bits per heavy atom. The van der Waals surface area contributed by atoms with Crippen LogP contribution in [0, 0.1) is 0 Å². The molecule has 126 valence electrons. The molecule has 1 saturated heterocycles. The van der Waals surface area contributed by atoms with Crippen LogP contribution in [0.3, 0.4) is 0 Å². The van der Waals surface area contributed by atoms with Crippen molar-refractivity contribution in [3.05, 3.63) is 47.6 Å². The average molecular weight is 348 g/mol. The SMILES string of the molecule is CCOc1ccc(NC(=O)N2CC(Oc3ccc(Cl)cn3)C2)cc1. The van der Waals surface area contributed by atoms with E-state index < -0.39 is 0 Å². The maximum absolute atomic E-state index is 12.1. The van der Waals surface area contributed by atoms with Crippen molar-refractivity contribution < 1.29 is 14.3 Å². The Morgan fingerprint density at radius 1 is 1.29 bits per heavy atom. The average Bonchev–Trinajstić information content (AvgIpc) is 2.54. The highest BCUT2D eigenvalue weighted by molar-refractivity contribution is 6.30. The second-order valence-electron chi connectivity index (χ2n) is 5.35. The third kappa shape index (κ3) is 4.08. The Balaban J connectivity index is 1.45. The molecule has 1 N–H and O–H groups in total. The maximum Gasteiger partial charge on any atom is 0.322 e. The molecule has 6 nitrogen and oxygen atoms in total. The minimum atomic E-state index is -0.150. The molecule has 0 atom stereocenters. The summed E-state index contributed by atoms with van der Waals surface area (Å²) in [6.45, 7) is 3.58. The molecule has 0 bridgehead atoms. The van der Waals surface area contributed by atoms with Gasteiger partial charge in [-0.05, 0) is 37.3 Å². The molecule has 3 rings (SSSR count). The van der Waals surface area contributed by atoms with Crippen LogP contribution in [0.1, 0.15) is 6.92 Å². The molecule has 1 aromatic heterocycles. The zero-order chi connectivity index (χ0) is 16.9. The van der Waals surface area contributed by atoms with Crippen molar-refractivity contribution in [2.45, 2.75) is 13.0 Å². The van der Waals surface area contributed by atoms with Crippen LogP contribution in [0.25, 0.3) is 0 Å². The summed E-state index contributed by atoms with van der Waals surface area (Å²) >= 11 is 5.78. The minimum Gasteiger partial charge on any atom is -0.494 e. The van der Waals surface area contributed by atoms with Gasteiger partial charge in [-0.2, -0.15) is 0 Å². The number of amides is 2. The van der Waals surface area contributed by atoms with Gasteiger partial charge in [-0.25, -0.2) is 9.78 Å². The van der Waals surface area contributed by atoms with Gasteiger partial charge in [-0.15, -0.1) is 0 Å². The summed E-state index contributed by atoms with van der Waals surface area (Å²) in [6.07, 6.45) is 1.48. The molecule has 1 aliphatic rings. The molecular formula is C17H18ClN3O3. The molecular weight excluding hydrogens is 330 g/mol. The lowest BCUT2D eigenvalue weighted by molar-refractivity contribution is 0.0461. The smallest absolute Gasteiger partial charge is 0.322 e. The van der Waals surface area contributed by atoms with E-state index in [4.69, 9.17) is 21.1 Å². The van der Waals surface area contributed by atoms with E-state index in [1.807, 2.05) is 31.2 Å². The monoisotopic (exact) mass is 347 g/mol. The lowest BCUT2D eigenvalue weighted by Gasteiger charge is -2.38. The number of nitrogens with zero attached hydrogens (tertiary/aromatic N) is 2. The molecule has 1 aliphatic heterocycles. The van der Waals surface area contributed by atoms with E-state index in [2.05, 4.69) is 10.3 Å². The Hall–Kier alpha value is -2.47. The fourth-order valence-electron chi connectivity index (χ4n) is 2.28. The van der Waals surface area contributed by atoms with Crippen LogP contribution in [0.2, 0.25) is 5.02 Å². The molecule has 1 fully saturated rings. The summed E-state index contributed by atoms with van der Waals surface area (Å²) in [4.78, 5) is 17.9. The Morgan fingerprint density at radius 2 is 2.04 bits per heavy atom. The van der Waals surface area contributed by atoms with Crippen LogP contribution >= 0.6 is 11.6 Å². The van der Waals surface area contributed by atoms with Crippen molar-refractivity contribution >= 4 is 23.3 Å². The summed E-state index contributed by atoms with van der Waals surface area (Å²) in [5, 5.41) is 3.41. The number of nitrogens with one attached hydrogen (secondary N) is 1. The van der Waals surface area contributed by atoms with E-state index in [1.165, 1.54) is 6.20 Å². The van der Waals surface area contributed by atoms with Gasteiger partial charge in [-0.1, -0.05) is 11.6 Å². The lowest BCUT2D eigenvalue weighted by atomic mass is 10.2. The van der Waals surface area contributed by atoms with Gasteiger partial charge in [0, 0.05) is 18.0 Å². The van der Waals surface area contributed by atoms with Gasteiger partial charge in [0.25, 0.3) is 0 Å². The van der Waals surface area contributed by atoms with Crippen LogP contribution in [0.15, 0.2) is 42.6 Å². The molecule has 0 unspecified atom stereocenters. The van der Waals surface area contributed by atoms with Crippen molar-refractivity contribution in [3.63, 3.8) is 0 Å². The number of urea groups is 1. The van der Waals surface area contributed by atoms with E-state index >= 15 is 0 Å². The van der Waals surface area contributed by atoms with Crippen LogP contribution in [-0.4, -0.2) is 41.7 Å². The summed E-state index contributed by atoms with van der Waals surface area (Å²) in [5.41, 5.74) is 0.729. The molecule has 2 aromatic rings. The van der Waals surface area contributed by atoms with E-state index in [0.29, 0.717) is 30.6 Å². The molecule has 2 amide bonds. The number of hydrogen-bond donors (Lipinski definition) is 1. The van der Waals surface area contributed by atoms with Crippen molar-refractivity contribution in [2.75, 3.05) is 25.0 Å². The number of halogens is 1. The van der Waals surface area contributed by atoms with Crippen molar-refractivity contribution in [1.29, 1.82) is 0 Å². The third-order valence-corrected chi connectivity index (χ3v) is 3.76. The second kappa shape index (κ2) is 7.40. The van der Waals surface area contributed by atoms with Crippen LogP contribution < -0.4 is 14.8 Å². The Bertz CT molecular complexity index is 685. The van der Waals surface area contributed by atoms with Crippen LogP contribution in [0.5, 0.6) is 11.6 Å². The molecule has 0 spiro atoms. The maximum atomic E-state index is 12.1. The number of hydrogen-bond acceptors (Lipinski definition) is 4. The van der Waals surface area contributed by atoms with Gasteiger partial charge in [0.05, 0.1) is 24.7 Å². The van der Waals surface area contributed by atoms with Crippen molar-refractivity contribution in [1.82, 2.24) is 9.88 Å². The quantitative estimate of drug-likeness (QED) is 0.900. The molecule has 0 radical (unpaired) electrons. The molecule has 0 aliphatic carbocycles. The number of pyridine rings is 1. The minimum absolute atomic E-state index is 0.0512. The lowest BCUT2D eigenvalue weighted by Crippen LogP contribution is -2.57. The Kier molecular flexibility index (Phi) is 5.05. The van der Waals surface area contributed by atoms with Gasteiger partial charge in [0.15, 0.2) is 0 Å². The van der Waals surface area contributed by atoms with Crippen molar-refractivity contribution in [3.8, 4) is 11.6 Å². The molecule has 1 aromatic carbocycles. The summed E-state index contributed by atoms with van der Waals surface area (Å²) in [6, 6.07) is 10.6.